The van der Waals surface area contributed by atoms with Gasteiger partial charge in [-0.05, 0) is 17.7 Å². The minimum atomic E-state index is -1.27. The molecule has 0 saturated carbocycles. The van der Waals surface area contributed by atoms with Crippen molar-refractivity contribution in [2.75, 3.05) is 7.11 Å². The molecule has 3 rings (SSSR count). The summed E-state index contributed by atoms with van der Waals surface area (Å²) < 4.78 is 11.1. The molecule has 1 N–H and O–H groups in total. The fourth-order valence-corrected chi connectivity index (χ4v) is 2.95. The van der Waals surface area contributed by atoms with Crippen LogP contribution in [0.5, 0.6) is 5.75 Å². The number of nitrogens with zero attached hydrogens (tertiary/aromatic N) is 4. The number of hydrogen-bond donors (Lipinski definition) is 2. The molecular formula is C19H16N4O7S. The van der Waals surface area contributed by atoms with Gasteiger partial charge in [0.05, 0.1) is 4.92 Å². The van der Waals surface area contributed by atoms with Crippen LogP contribution in [0.4, 0.5) is 5.69 Å². The first-order valence-corrected chi connectivity index (χ1v) is 9.23. The number of benzene rings is 2. The van der Waals surface area contributed by atoms with Crippen LogP contribution in [-0.2, 0) is 16.2 Å². The molecule has 0 saturated heterocycles. The summed E-state index contributed by atoms with van der Waals surface area (Å²) in [5.74, 6) is -0.605. The van der Waals surface area contributed by atoms with Crippen LogP contribution in [0.25, 0.3) is 0 Å². The Hall–Kier alpha value is -3.93. The van der Waals surface area contributed by atoms with Crippen LogP contribution < -0.4 is 4.74 Å². The maximum absolute atomic E-state index is 11.5. The molecule has 1 unspecified atom stereocenters. The maximum Gasteiger partial charge on any atom is 0.358 e. The van der Waals surface area contributed by atoms with Gasteiger partial charge in [0, 0.05) is 17.7 Å². The average Bonchev–Trinajstić information content (AvgIpc) is 3.25. The van der Waals surface area contributed by atoms with E-state index in [9.17, 15) is 20.0 Å². The summed E-state index contributed by atoms with van der Waals surface area (Å²) in [5.41, 5.74) is 0.425. The molecule has 0 aliphatic rings. The Kier molecular flexibility index (Phi) is 6.82. The first-order valence-electron chi connectivity index (χ1n) is 8.72. The Morgan fingerprint density at radius 3 is 2.61 bits per heavy atom. The standard InChI is InChI=1S/C19H16N4O7S/c1-28-22-16(19(24)25)13-4-2-3-5-14(13)17(31)18-21-20-15(30-18)10-29-12-8-6-11(7-9-12)23(26)27/h2-9,17,31H,10H2,1H3,(H,24,25). The SMILES string of the molecule is CON=C(C(=O)O)c1ccccc1C(S)c1nnc(COc2ccc([N+](=O)[O-])cc2)o1. The molecule has 1 heterocycles. The lowest BCUT2D eigenvalue weighted by Gasteiger charge is -2.12. The predicted molar refractivity (Wildman–Crippen MR) is 110 cm³/mol. The zero-order valence-electron chi connectivity index (χ0n) is 16.0. The number of thiol groups is 1. The second kappa shape index (κ2) is 9.71. The van der Waals surface area contributed by atoms with Gasteiger partial charge in [0.2, 0.25) is 5.89 Å². The van der Waals surface area contributed by atoms with Gasteiger partial charge in [0.25, 0.3) is 11.6 Å². The molecule has 1 atom stereocenters. The first-order chi connectivity index (χ1) is 14.9. The average molecular weight is 444 g/mol. The summed E-state index contributed by atoms with van der Waals surface area (Å²) in [6, 6.07) is 12.1. The van der Waals surface area contributed by atoms with Crippen molar-refractivity contribution in [1.82, 2.24) is 10.2 Å². The normalized spacial score (nSPS) is 12.3. The summed E-state index contributed by atoms with van der Waals surface area (Å²) in [7, 11) is 1.25. The molecular weight excluding hydrogens is 428 g/mol. The number of aromatic nitrogens is 2. The molecule has 2 aromatic carbocycles. The van der Waals surface area contributed by atoms with Crippen molar-refractivity contribution in [2.45, 2.75) is 11.9 Å². The molecule has 31 heavy (non-hydrogen) atoms. The number of ether oxygens (including phenoxy) is 1. The van der Waals surface area contributed by atoms with Crippen molar-refractivity contribution in [3.8, 4) is 5.75 Å². The van der Waals surface area contributed by atoms with Crippen LogP contribution in [0, 0.1) is 10.1 Å². The van der Waals surface area contributed by atoms with Gasteiger partial charge in [-0.15, -0.1) is 10.2 Å². The third-order valence-electron chi connectivity index (χ3n) is 4.02. The predicted octanol–water partition coefficient (Wildman–Crippen LogP) is 3.01. The smallest absolute Gasteiger partial charge is 0.358 e. The van der Waals surface area contributed by atoms with Crippen molar-refractivity contribution >= 4 is 30.0 Å². The quantitative estimate of drug-likeness (QED) is 0.220. The van der Waals surface area contributed by atoms with E-state index in [1.807, 2.05) is 0 Å². The van der Waals surface area contributed by atoms with E-state index in [0.717, 1.165) is 0 Å². The highest BCUT2D eigenvalue weighted by Gasteiger charge is 2.25. The molecule has 3 aromatic rings. The lowest BCUT2D eigenvalue weighted by atomic mass is 10.00. The second-order valence-corrected chi connectivity index (χ2v) is 6.51. The Morgan fingerprint density at radius 2 is 1.97 bits per heavy atom. The van der Waals surface area contributed by atoms with E-state index in [1.165, 1.54) is 31.4 Å². The van der Waals surface area contributed by atoms with E-state index >= 15 is 0 Å². The van der Waals surface area contributed by atoms with E-state index < -0.39 is 16.1 Å². The van der Waals surface area contributed by atoms with Gasteiger partial charge in [0.1, 0.15) is 18.1 Å². The number of oxime groups is 1. The van der Waals surface area contributed by atoms with Gasteiger partial charge in [-0.1, -0.05) is 29.4 Å². The third kappa shape index (κ3) is 5.17. The minimum absolute atomic E-state index is 0.0539. The summed E-state index contributed by atoms with van der Waals surface area (Å²) in [4.78, 5) is 26.4. The number of non-ortho nitro benzene ring substituents is 1. The number of carboxylic acids is 1. The number of rotatable bonds is 9. The van der Waals surface area contributed by atoms with E-state index in [4.69, 9.17) is 9.15 Å². The zero-order chi connectivity index (χ0) is 22.4. The van der Waals surface area contributed by atoms with Crippen molar-refractivity contribution < 1.29 is 28.8 Å². The van der Waals surface area contributed by atoms with Gasteiger partial charge in [-0.2, -0.15) is 12.6 Å². The summed E-state index contributed by atoms with van der Waals surface area (Å²) in [6.07, 6.45) is 0. The summed E-state index contributed by atoms with van der Waals surface area (Å²) >= 11 is 4.50. The second-order valence-electron chi connectivity index (χ2n) is 5.99. The lowest BCUT2D eigenvalue weighted by Crippen LogP contribution is -2.17. The molecule has 0 aliphatic heterocycles. The first kappa shape index (κ1) is 21.8. The molecule has 0 bridgehead atoms. The number of carbonyl (C=O) groups is 1. The summed E-state index contributed by atoms with van der Waals surface area (Å²) in [5, 5.41) is 30.8. The molecule has 0 spiro atoms. The minimum Gasteiger partial charge on any atom is -0.484 e. The Labute approximate surface area is 180 Å². The maximum atomic E-state index is 11.5. The molecule has 11 nitrogen and oxygen atoms in total. The monoisotopic (exact) mass is 444 g/mol. The number of nitro benzene ring substituents is 1. The van der Waals surface area contributed by atoms with E-state index in [2.05, 4.69) is 32.8 Å². The largest absolute Gasteiger partial charge is 0.484 e. The van der Waals surface area contributed by atoms with Crippen molar-refractivity contribution in [3.63, 3.8) is 0 Å². The van der Waals surface area contributed by atoms with Gasteiger partial charge < -0.3 is 19.1 Å². The van der Waals surface area contributed by atoms with Gasteiger partial charge in [0.15, 0.2) is 12.3 Å². The highest BCUT2D eigenvalue weighted by molar-refractivity contribution is 7.80. The Morgan fingerprint density at radius 1 is 1.26 bits per heavy atom. The van der Waals surface area contributed by atoms with E-state index in [-0.39, 0.29) is 29.8 Å². The molecule has 1 aromatic heterocycles. The molecule has 160 valence electrons. The fourth-order valence-electron chi connectivity index (χ4n) is 2.62. The Bertz CT molecular complexity index is 1110. The van der Waals surface area contributed by atoms with Gasteiger partial charge in [-0.3, -0.25) is 10.1 Å². The van der Waals surface area contributed by atoms with Crippen LogP contribution in [0.2, 0.25) is 0 Å². The van der Waals surface area contributed by atoms with Crippen LogP contribution in [0.3, 0.4) is 0 Å². The Balaban J connectivity index is 1.76. The summed E-state index contributed by atoms with van der Waals surface area (Å²) in [6.45, 7) is -0.0710. The number of aliphatic carboxylic acids is 1. The van der Waals surface area contributed by atoms with Crippen LogP contribution in [0.1, 0.15) is 28.2 Å². The van der Waals surface area contributed by atoms with Gasteiger partial charge >= 0.3 is 5.97 Å². The molecule has 0 amide bonds. The van der Waals surface area contributed by atoms with E-state index in [0.29, 0.717) is 16.9 Å². The topological polar surface area (TPSA) is 150 Å². The highest BCUT2D eigenvalue weighted by atomic mass is 32.1. The number of carboxylic acid groups (broad SMARTS) is 1. The number of nitro groups is 1. The fraction of sp³-hybridized carbons (Fsp3) is 0.158. The van der Waals surface area contributed by atoms with Crippen molar-refractivity contribution in [2.24, 2.45) is 5.16 Å². The van der Waals surface area contributed by atoms with Crippen molar-refractivity contribution in [3.05, 3.63) is 81.6 Å². The molecule has 0 aliphatic carbocycles. The molecule has 12 heteroatoms. The zero-order valence-corrected chi connectivity index (χ0v) is 16.9. The lowest BCUT2D eigenvalue weighted by molar-refractivity contribution is -0.384. The van der Waals surface area contributed by atoms with Gasteiger partial charge in [-0.25, -0.2) is 4.79 Å². The van der Waals surface area contributed by atoms with E-state index in [1.54, 1.807) is 24.3 Å². The third-order valence-corrected chi connectivity index (χ3v) is 4.52. The molecule has 0 fully saturated rings. The highest BCUT2D eigenvalue weighted by Crippen LogP contribution is 2.30. The van der Waals surface area contributed by atoms with Crippen molar-refractivity contribution in [1.29, 1.82) is 0 Å². The van der Waals surface area contributed by atoms with Crippen LogP contribution in [0.15, 0.2) is 58.1 Å². The number of hydrogen-bond acceptors (Lipinski definition) is 10. The van der Waals surface area contributed by atoms with Crippen LogP contribution >= 0.6 is 12.6 Å². The molecule has 0 radical (unpaired) electrons. The van der Waals surface area contributed by atoms with Crippen LogP contribution in [-0.4, -0.2) is 39.0 Å².